The number of nitrogens with zero attached hydrogens (tertiary/aromatic N) is 5. The number of halogens is 1. The van der Waals surface area contributed by atoms with E-state index in [9.17, 15) is 4.39 Å². The highest BCUT2D eigenvalue weighted by Crippen LogP contribution is 2.20. The van der Waals surface area contributed by atoms with Gasteiger partial charge in [0.1, 0.15) is 5.82 Å². The van der Waals surface area contributed by atoms with E-state index in [2.05, 4.69) is 51.8 Å². The fourth-order valence-corrected chi connectivity index (χ4v) is 4.75. The lowest BCUT2D eigenvalue weighted by molar-refractivity contribution is -0.937. The fraction of sp³-hybridized carbons (Fsp3) is 0.450. The highest BCUT2D eigenvalue weighted by Gasteiger charge is 2.35. The first-order valence-corrected chi connectivity index (χ1v) is 10.6. The average Bonchev–Trinajstić information content (AvgIpc) is 3.36. The minimum absolute atomic E-state index is 0.189. The summed E-state index contributed by atoms with van der Waals surface area (Å²) in [5.74, 6) is 1.21. The number of quaternary nitrogens is 1. The SMILES string of the molecule is CC(C)[C@H](c1nnnn1Cc1cccs1)[NH+]1CCN(c2ccc(F)cc2)CC1. The summed E-state index contributed by atoms with van der Waals surface area (Å²) in [5.41, 5.74) is 1.09. The molecule has 0 bridgehead atoms. The van der Waals surface area contributed by atoms with Crippen molar-refractivity contribution in [2.24, 2.45) is 5.92 Å². The Balaban J connectivity index is 1.48. The zero-order chi connectivity index (χ0) is 19.5. The van der Waals surface area contributed by atoms with Crippen LogP contribution in [0.25, 0.3) is 0 Å². The Morgan fingerprint density at radius 2 is 1.89 bits per heavy atom. The van der Waals surface area contributed by atoms with Crippen LogP contribution in [0.3, 0.4) is 0 Å². The van der Waals surface area contributed by atoms with Crippen LogP contribution in [0, 0.1) is 11.7 Å². The van der Waals surface area contributed by atoms with Crippen LogP contribution < -0.4 is 9.80 Å². The van der Waals surface area contributed by atoms with Crippen molar-refractivity contribution in [3.63, 3.8) is 0 Å². The van der Waals surface area contributed by atoms with Crippen LogP contribution in [-0.2, 0) is 6.54 Å². The van der Waals surface area contributed by atoms with Crippen LogP contribution in [-0.4, -0.2) is 46.4 Å². The molecule has 1 fully saturated rings. The van der Waals surface area contributed by atoms with Gasteiger partial charge in [0.15, 0.2) is 6.04 Å². The number of rotatable bonds is 6. The van der Waals surface area contributed by atoms with E-state index in [-0.39, 0.29) is 11.9 Å². The number of aromatic nitrogens is 4. The average molecular weight is 402 g/mol. The molecule has 1 atom stereocenters. The van der Waals surface area contributed by atoms with Crippen molar-refractivity contribution in [3.05, 3.63) is 58.3 Å². The number of piperazine rings is 1. The molecule has 8 heteroatoms. The maximum absolute atomic E-state index is 13.2. The van der Waals surface area contributed by atoms with Gasteiger partial charge in [-0.05, 0) is 46.1 Å². The first kappa shape index (κ1) is 19.0. The van der Waals surface area contributed by atoms with Crippen LogP contribution in [0.2, 0.25) is 0 Å². The molecule has 4 rings (SSSR count). The van der Waals surface area contributed by atoms with Crippen molar-refractivity contribution in [1.82, 2.24) is 20.2 Å². The molecule has 0 saturated carbocycles. The van der Waals surface area contributed by atoms with Crippen LogP contribution in [0.15, 0.2) is 41.8 Å². The topological polar surface area (TPSA) is 51.3 Å². The van der Waals surface area contributed by atoms with Crippen molar-refractivity contribution < 1.29 is 9.29 Å². The highest BCUT2D eigenvalue weighted by molar-refractivity contribution is 7.09. The number of hydrogen-bond acceptors (Lipinski definition) is 5. The van der Waals surface area contributed by atoms with Crippen LogP contribution >= 0.6 is 11.3 Å². The van der Waals surface area contributed by atoms with Gasteiger partial charge in [-0.15, -0.1) is 16.4 Å². The second kappa shape index (κ2) is 8.36. The maximum Gasteiger partial charge on any atom is 0.209 e. The minimum Gasteiger partial charge on any atom is -0.360 e. The van der Waals surface area contributed by atoms with Crippen molar-refractivity contribution in [3.8, 4) is 0 Å². The normalized spacial score (nSPS) is 16.6. The molecule has 0 radical (unpaired) electrons. The smallest absolute Gasteiger partial charge is 0.209 e. The first-order chi connectivity index (χ1) is 13.6. The van der Waals surface area contributed by atoms with Gasteiger partial charge in [0.25, 0.3) is 0 Å². The van der Waals surface area contributed by atoms with E-state index in [1.165, 1.54) is 21.9 Å². The Morgan fingerprint density at radius 3 is 2.54 bits per heavy atom. The molecular weight excluding hydrogens is 375 g/mol. The van der Waals surface area contributed by atoms with Gasteiger partial charge in [0.2, 0.25) is 5.82 Å². The summed E-state index contributed by atoms with van der Waals surface area (Å²) in [6.07, 6.45) is 0. The van der Waals surface area contributed by atoms with Crippen LogP contribution in [0.1, 0.15) is 30.6 Å². The van der Waals surface area contributed by atoms with Crippen molar-refractivity contribution in [1.29, 1.82) is 0 Å². The second-order valence-electron chi connectivity index (χ2n) is 7.62. The molecule has 28 heavy (non-hydrogen) atoms. The summed E-state index contributed by atoms with van der Waals surface area (Å²) in [7, 11) is 0. The zero-order valence-electron chi connectivity index (χ0n) is 16.3. The molecule has 1 aromatic carbocycles. The van der Waals surface area contributed by atoms with Gasteiger partial charge < -0.3 is 9.80 Å². The molecule has 0 aliphatic carbocycles. The number of tetrazole rings is 1. The molecule has 1 aliphatic rings. The Hall–Kier alpha value is -2.32. The van der Waals surface area contributed by atoms with Gasteiger partial charge >= 0.3 is 0 Å². The van der Waals surface area contributed by atoms with E-state index in [0.717, 1.165) is 44.2 Å². The summed E-state index contributed by atoms with van der Waals surface area (Å²) in [5, 5.41) is 14.7. The summed E-state index contributed by atoms with van der Waals surface area (Å²) in [4.78, 5) is 5.09. The molecule has 3 heterocycles. The molecule has 2 aromatic heterocycles. The molecule has 6 nitrogen and oxygen atoms in total. The molecule has 0 unspecified atom stereocenters. The lowest BCUT2D eigenvalue weighted by Gasteiger charge is -2.38. The molecule has 1 aliphatic heterocycles. The first-order valence-electron chi connectivity index (χ1n) is 9.75. The predicted molar refractivity (Wildman–Crippen MR) is 108 cm³/mol. The molecule has 3 aromatic rings. The van der Waals surface area contributed by atoms with Gasteiger partial charge in [-0.1, -0.05) is 19.9 Å². The third-order valence-corrected chi connectivity index (χ3v) is 6.29. The monoisotopic (exact) mass is 401 g/mol. The van der Waals surface area contributed by atoms with E-state index >= 15 is 0 Å². The Morgan fingerprint density at radius 1 is 1.14 bits per heavy atom. The van der Waals surface area contributed by atoms with Crippen LogP contribution in [0.5, 0.6) is 0 Å². The van der Waals surface area contributed by atoms with E-state index < -0.39 is 0 Å². The molecule has 148 valence electrons. The van der Waals surface area contributed by atoms with E-state index in [1.54, 1.807) is 11.3 Å². The Bertz CT molecular complexity index is 869. The van der Waals surface area contributed by atoms with Crippen molar-refractivity contribution in [2.45, 2.75) is 26.4 Å². The lowest BCUT2D eigenvalue weighted by Crippen LogP contribution is -3.15. The third-order valence-electron chi connectivity index (χ3n) is 5.43. The van der Waals surface area contributed by atoms with Gasteiger partial charge in [-0.25, -0.2) is 9.07 Å². The van der Waals surface area contributed by atoms with E-state index in [1.807, 2.05) is 16.8 Å². The number of hydrogen-bond donors (Lipinski definition) is 1. The van der Waals surface area contributed by atoms with Gasteiger partial charge in [0, 0.05) is 16.5 Å². The zero-order valence-corrected chi connectivity index (χ0v) is 17.1. The third kappa shape index (κ3) is 4.07. The summed E-state index contributed by atoms with van der Waals surface area (Å²) >= 11 is 1.73. The van der Waals surface area contributed by atoms with Gasteiger partial charge in [-0.2, -0.15) is 0 Å². The van der Waals surface area contributed by atoms with Crippen molar-refractivity contribution in [2.75, 3.05) is 31.1 Å². The number of nitrogens with one attached hydrogen (secondary N) is 1. The maximum atomic E-state index is 13.2. The van der Waals surface area contributed by atoms with E-state index in [4.69, 9.17) is 0 Å². The Kier molecular flexibility index (Phi) is 5.68. The molecule has 0 amide bonds. The minimum atomic E-state index is -0.189. The molecule has 0 spiro atoms. The number of anilines is 1. The summed E-state index contributed by atoms with van der Waals surface area (Å²) in [6.45, 7) is 9.10. The highest BCUT2D eigenvalue weighted by atomic mass is 32.1. The number of thiophene rings is 1. The van der Waals surface area contributed by atoms with Crippen LogP contribution in [0.4, 0.5) is 10.1 Å². The van der Waals surface area contributed by atoms with E-state index in [0.29, 0.717) is 5.92 Å². The van der Waals surface area contributed by atoms with Gasteiger partial charge in [-0.3, -0.25) is 0 Å². The molecule has 1 saturated heterocycles. The largest absolute Gasteiger partial charge is 0.360 e. The van der Waals surface area contributed by atoms with Crippen molar-refractivity contribution >= 4 is 17.0 Å². The standard InChI is InChI=1S/C20H25FN6S/c1-15(2)19(20-22-23-24-27(20)14-18-4-3-13-28-18)26-11-9-25(10-12-26)17-7-5-16(21)6-8-17/h3-8,13,15,19H,9-12,14H2,1-2H3/p+1/t19-/m1/s1. The Labute approximate surface area is 168 Å². The fourth-order valence-electron chi connectivity index (χ4n) is 4.06. The number of benzene rings is 1. The second-order valence-corrected chi connectivity index (χ2v) is 8.65. The quantitative estimate of drug-likeness (QED) is 0.687. The van der Waals surface area contributed by atoms with Gasteiger partial charge in [0.05, 0.1) is 32.7 Å². The molecular formula is C20H26FN6S+. The lowest BCUT2D eigenvalue weighted by atomic mass is 10.0. The summed E-state index contributed by atoms with van der Waals surface area (Å²) < 4.78 is 15.2. The summed E-state index contributed by atoms with van der Waals surface area (Å²) in [6, 6.07) is 11.2. The predicted octanol–water partition coefficient (Wildman–Crippen LogP) is 2.02. The molecule has 1 N–H and O–H groups in total.